The van der Waals surface area contributed by atoms with E-state index in [4.69, 9.17) is 4.42 Å². The first-order valence-electron chi connectivity index (χ1n) is 10.8. The summed E-state index contributed by atoms with van der Waals surface area (Å²) >= 11 is 1.31. The highest BCUT2D eigenvalue weighted by Crippen LogP contribution is 2.37. The minimum atomic E-state index is -0.587. The fourth-order valence-corrected chi connectivity index (χ4v) is 4.64. The molecule has 1 atom stereocenters. The van der Waals surface area contributed by atoms with Crippen LogP contribution in [-0.2, 0) is 11.3 Å². The summed E-state index contributed by atoms with van der Waals surface area (Å²) in [5, 5.41) is 12.0. The molecule has 168 valence electrons. The summed E-state index contributed by atoms with van der Waals surface area (Å²) in [4.78, 5) is 13.1. The van der Waals surface area contributed by atoms with Crippen molar-refractivity contribution in [1.29, 1.82) is 0 Å². The van der Waals surface area contributed by atoms with Crippen LogP contribution in [0.15, 0.2) is 76.5 Å². The largest absolute Gasteiger partial charge is 0.467 e. The smallest absolute Gasteiger partial charge is 0.238 e. The summed E-state index contributed by atoms with van der Waals surface area (Å²) in [6.45, 7) is 2.45. The number of carbonyl (C=O) groups excluding carboxylic acids is 1. The van der Waals surface area contributed by atoms with E-state index in [9.17, 15) is 9.18 Å². The van der Waals surface area contributed by atoms with E-state index >= 15 is 0 Å². The first-order chi connectivity index (χ1) is 16.1. The Bertz CT molecular complexity index is 1250. The SMILES string of the molecule is Cc1cccc(-c2nnc(SC(C(=O)NC3CC3)c3ccc(F)cc3)n2Cc2ccco2)c1. The molecule has 2 aromatic carbocycles. The highest BCUT2D eigenvalue weighted by Gasteiger charge is 2.31. The average Bonchev–Trinajstić information content (AvgIpc) is 3.30. The van der Waals surface area contributed by atoms with Crippen LogP contribution in [0.2, 0.25) is 0 Å². The second-order valence-corrected chi connectivity index (χ2v) is 9.25. The van der Waals surface area contributed by atoms with Crippen LogP contribution >= 0.6 is 11.8 Å². The molecule has 0 aliphatic heterocycles. The maximum absolute atomic E-state index is 13.6. The molecule has 2 aromatic heterocycles. The van der Waals surface area contributed by atoms with Crippen molar-refractivity contribution < 1.29 is 13.6 Å². The van der Waals surface area contributed by atoms with Gasteiger partial charge in [0.05, 0.1) is 12.8 Å². The van der Waals surface area contributed by atoms with Crippen LogP contribution in [0.4, 0.5) is 4.39 Å². The summed E-state index contributed by atoms with van der Waals surface area (Å²) < 4.78 is 21.1. The van der Waals surface area contributed by atoms with Crippen molar-refractivity contribution in [2.75, 3.05) is 0 Å². The molecule has 1 amide bonds. The van der Waals surface area contributed by atoms with Crippen molar-refractivity contribution >= 4 is 17.7 Å². The third-order valence-corrected chi connectivity index (χ3v) is 6.68. The molecule has 5 rings (SSSR count). The number of amides is 1. The Balaban J connectivity index is 1.53. The van der Waals surface area contributed by atoms with E-state index in [-0.39, 0.29) is 17.8 Å². The Morgan fingerprint density at radius 1 is 1.18 bits per heavy atom. The zero-order valence-corrected chi connectivity index (χ0v) is 18.9. The third-order valence-electron chi connectivity index (χ3n) is 5.45. The molecule has 1 fully saturated rings. The predicted octanol–water partition coefficient (Wildman–Crippen LogP) is 5.15. The zero-order chi connectivity index (χ0) is 22.8. The predicted molar refractivity (Wildman–Crippen MR) is 124 cm³/mol. The quantitative estimate of drug-likeness (QED) is 0.367. The van der Waals surface area contributed by atoms with Gasteiger partial charge < -0.3 is 9.73 Å². The van der Waals surface area contributed by atoms with Crippen LogP contribution in [-0.4, -0.2) is 26.7 Å². The standard InChI is InChI=1S/C25H23FN4O2S/c1-16-4-2-5-18(14-16)23-28-29-25(30(23)15-21-6-3-13-32-21)33-22(24(31)27-20-11-12-20)17-7-9-19(26)10-8-17/h2-10,13-14,20,22H,11-12,15H2,1H3,(H,27,31). The van der Waals surface area contributed by atoms with Gasteiger partial charge in [-0.1, -0.05) is 47.7 Å². The maximum atomic E-state index is 13.6. The number of nitrogens with zero attached hydrogens (tertiary/aromatic N) is 3. The molecule has 1 aliphatic carbocycles. The summed E-state index contributed by atoms with van der Waals surface area (Å²) in [6.07, 6.45) is 3.60. The molecule has 0 radical (unpaired) electrons. The molecule has 6 nitrogen and oxygen atoms in total. The molecule has 0 spiro atoms. The molecule has 8 heteroatoms. The molecule has 2 heterocycles. The minimum Gasteiger partial charge on any atom is -0.467 e. The van der Waals surface area contributed by atoms with Crippen molar-refractivity contribution in [3.63, 3.8) is 0 Å². The monoisotopic (exact) mass is 462 g/mol. The molecule has 0 saturated heterocycles. The van der Waals surface area contributed by atoms with Gasteiger partial charge in [-0.3, -0.25) is 9.36 Å². The molecular formula is C25H23FN4O2S. The summed E-state index contributed by atoms with van der Waals surface area (Å²) in [5.74, 6) is 0.996. The lowest BCUT2D eigenvalue weighted by Gasteiger charge is -2.17. The number of thioether (sulfide) groups is 1. The van der Waals surface area contributed by atoms with Gasteiger partial charge in [-0.2, -0.15) is 0 Å². The average molecular weight is 463 g/mol. The van der Waals surface area contributed by atoms with Crippen molar-refractivity contribution in [3.05, 3.63) is 89.6 Å². The van der Waals surface area contributed by atoms with Crippen LogP contribution in [0.5, 0.6) is 0 Å². The lowest BCUT2D eigenvalue weighted by atomic mass is 10.1. The lowest BCUT2D eigenvalue weighted by Crippen LogP contribution is -2.30. The van der Waals surface area contributed by atoms with Gasteiger partial charge in [-0.05, 0) is 55.7 Å². The van der Waals surface area contributed by atoms with Crippen LogP contribution < -0.4 is 5.32 Å². The van der Waals surface area contributed by atoms with E-state index < -0.39 is 5.25 Å². The zero-order valence-electron chi connectivity index (χ0n) is 18.1. The molecule has 4 aromatic rings. The van der Waals surface area contributed by atoms with Crippen LogP contribution in [0, 0.1) is 12.7 Å². The van der Waals surface area contributed by atoms with Gasteiger partial charge in [0.15, 0.2) is 11.0 Å². The summed E-state index contributed by atoms with van der Waals surface area (Å²) in [7, 11) is 0. The molecule has 1 saturated carbocycles. The number of carbonyl (C=O) groups is 1. The van der Waals surface area contributed by atoms with E-state index in [2.05, 4.69) is 15.5 Å². The fraction of sp³-hybridized carbons (Fsp3) is 0.240. The molecule has 33 heavy (non-hydrogen) atoms. The Hall–Kier alpha value is -3.39. The van der Waals surface area contributed by atoms with E-state index in [1.165, 1.54) is 23.9 Å². The number of aromatic nitrogens is 3. The van der Waals surface area contributed by atoms with Crippen LogP contribution in [0.3, 0.4) is 0 Å². The van der Waals surface area contributed by atoms with E-state index in [1.807, 2.05) is 47.9 Å². The van der Waals surface area contributed by atoms with Crippen LogP contribution in [0.25, 0.3) is 11.4 Å². The Morgan fingerprint density at radius 3 is 2.70 bits per heavy atom. The summed E-state index contributed by atoms with van der Waals surface area (Å²) in [5.41, 5.74) is 2.76. The van der Waals surface area contributed by atoms with Gasteiger partial charge in [0.25, 0.3) is 0 Å². The van der Waals surface area contributed by atoms with Crippen LogP contribution in [0.1, 0.15) is 35.0 Å². The first-order valence-corrected chi connectivity index (χ1v) is 11.7. The molecule has 1 N–H and O–H groups in total. The number of aryl methyl sites for hydroxylation is 1. The second kappa shape index (κ2) is 9.23. The molecule has 0 bridgehead atoms. The number of hydrogen-bond donors (Lipinski definition) is 1. The number of benzene rings is 2. The number of halogens is 1. The second-order valence-electron chi connectivity index (χ2n) is 8.17. The number of nitrogens with one attached hydrogen (secondary N) is 1. The third kappa shape index (κ3) is 5.01. The topological polar surface area (TPSA) is 73.0 Å². The van der Waals surface area contributed by atoms with Gasteiger partial charge in [0.2, 0.25) is 5.91 Å². The van der Waals surface area contributed by atoms with Crippen molar-refractivity contribution in [2.45, 2.75) is 42.8 Å². The number of furan rings is 1. The molecular weight excluding hydrogens is 439 g/mol. The normalized spacial score (nSPS) is 14.2. The van der Waals surface area contributed by atoms with Gasteiger partial charge >= 0.3 is 0 Å². The van der Waals surface area contributed by atoms with Gasteiger partial charge in [-0.25, -0.2) is 4.39 Å². The lowest BCUT2D eigenvalue weighted by molar-refractivity contribution is -0.120. The number of hydrogen-bond acceptors (Lipinski definition) is 5. The van der Waals surface area contributed by atoms with E-state index in [1.54, 1.807) is 18.4 Å². The first kappa shape index (κ1) is 21.5. The van der Waals surface area contributed by atoms with Crippen molar-refractivity contribution in [3.8, 4) is 11.4 Å². The highest BCUT2D eigenvalue weighted by molar-refractivity contribution is 8.00. The van der Waals surface area contributed by atoms with E-state index in [0.717, 1.165) is 29.7 Å². The van der Waals surface area contributed by atoms with Gasteiger partial charge in [0.1, 0.15) is 16.8 Å². The number of rotatable bonds is 8. The van der Waals surface area contributed by atoms with Gasteiger partial charge in [0, 0.05) is 11.6 Å². The highest BCUT2D eigenvalue weighted by atomic mass is 32.2. The Kier molecular flexibility index (Phi) is 6.00. The molecule has 1 aliphatic rings. The fourth-order valence-electron chi connectivity index (χ4n) is 3.59. The Labute approximate surface area is 195 Å². The summed E-state index contributed by atoms with van der Waals surface area (Å²) in [6, 6.07) is 18.0. The Morgan fingerprint density at radius 2 is 2.00 bits per heavy atom. The van der Waals surface area contributed by atoms with E-state index in [0.29, 0.717) is 23.1 Å². The van der Waals surface area contributed by atoms with Gasteiger partial charge in [-0.15, -0.1) is 10.2 Å². The molecule has 1 unspecified atom stereocenters. The maximum Gasteiger partial charge on any atom is 0.238 e. The van der Waals surface area contributed by atoms with Crippen molar-refractivity contribution in [1.82, 2.24) is 20.1 Å². The van der Waals surface area contributed by atoms with Crippen molar-refractivity contribution in [2.24, 2.45) is 0 Å². The minimum absolute atomic E-state index is 0.112.